The minimum absolute atomic E-state index is 0.100. The number of anilines is 1. The third-order valence-corrected chi connectivity index (χ3v) is 3.62. The quantitative estimate of drug-likeness (QED) is 0.861. The first-order chi connectivity index (χ1) is 10.1. The Balaban J connectivity index is 1.92. The van der Waals surface area contributed by atoms with Gasteiger partial charge >= 0.3 is 5.97 Å². The van der Waals surface area contributed by atoms with E-state index in [1.807, 2.05) is 0 Å². The number of carboxylic acid groups (broad SMARTS) is 1. The molecule has 1 unspecified atom stereocenters. The van der Waals surface area contributed by atoms with Crippen LogP contribution in [-0.2, 0) is 9.59 Å². The number of carbonyl (C=O) groups excluding carboxylic acids is 1. The van der Waals surface area contributed by atoms with Crippen molar-refractivity contribution in [2.75, 3.05) is 25.5 Å². The van der Waals surface area contributed by atoms with Crippen molar-refractivity contribution in [1.82, 2.24) is 4.90 Å². The van der Waals surface area contributed by atoms with E-state index in [0.29, 0.717) is 18.7 Å². The Kier molecular flexibility index (Phi) is 5.16. The number of amides is 1. The van der Waals surface area contributed by atoms with Crippen molar-refractivity contribution in [1.29, 1.82) is 0 Å². The first-order valence-electron chi connectivity index (χ1n) is 7.01. The van der Waals surface area contributed by atoms with E-state index >= 15 is 0 Å². The predicted molar refractivity (Wildman–Crippen MR) is 78.5 cm³/mol. The molecule has 0 aromatic heterocycles. The number of benzene rings is 1. The van der Waals surface area contributed by atoms with Gasteiger partial charge in [-0.1, -0.05) is 6.42 Å². The maximum absolute atomic E-state index is 12.0. The Bertz CT molecular complexity index is 501. The molecule has 6 heteroatoms. The maximum Gasteiger partial charge on any atom is 0.320 e. The van der Waals surface area contributed by atoms with Crippen molar-refractivity contribution < 1.29 is 19.4 Å². The van der Waals surface area contributed by atoms with E-state index in [2.05, 4.69) is 5.32 Å². The van der Waals surface area contributed by atoms with Gasteiger partial charge in [0.05, 0.1) is 13.7 Å². The van der Waals surface area contributed by atoms with Crippen molar-refractivity contribution in [3.63, 3.8) is 0 Å². The molecule has 1 aliphatic rings. The fourth-order valence-electron chi connectivity index (χ4n) is 2.52. The topological polar surface area (TPSA) is 78.9 Å². The number of ether oxygens (including phenoxy) is 1. The van der Waals surface area contributed by atoms with Gasteiger partial charge in [-0.2, -0.15) is 0 Å². The fourth-order valence-corrected chi connectivity index (χ4v) is 2.52. The van der Waals surface area contributed by atoms with Crippen LogP contribution in [0.3, 0.4) is 0 Å². The molecule has 2 N–H and O–H groups in total. The molecule has 1 fully saturated rings. The first-order valence-corrected chi connectivity index (χ1v) is 7.01. The number of hydrogen-bond acceptors (Lipinski definition) is 4. The van der Waals surface area contributed by atoms with Crippen LogP contribution in [0, 0.1) is 0 Å². The molecule has 21 heavy (non-hydrogen) atoms. The van der Waals surface area contributed by atoms with Gasteiger partial charge in [-0.15, -0.1) is 0 Å². The summed E-state index contributed by atoms with van der Waals surface area (Å²) in [6, 6.07) is 6.47. The second kappa shape index (κ2) is 7.08. The molecular weight excluding hydrogens is 272 g/mol. The second-order valence-electron chi connectivity index (χ2n) is 5.10. The van der Waals surface area contributed by atoms with Gasteiger partial charge in [-0.25, -0.2) is 0 Å². The van der Waals surface area contributed by atoms with Gasteiger partial charge in [-0.05, 0) is 43.7 Å². The summed E-state index contributed by atoms with van der Waals surface area (Å²) in [7, 11) is 1.58. The standard InChI is InChI=1S/C15H20N2O4/c1-21-12-7-5-11(6-8-12)16-14(18)10-17-9-3-2-4-13(17)15(19)20/h5-8,13H,2-4,9-10H2,1H3,(H,16,18)(H,19,20). The average Bonchev–Trinajstić information content (AvgIpc) is 2.48. The van der Waals surface area contributed by atoms with Gasteiger partial charge in [0, 0.05) is 5.69 Å². The van der Waals surface area contributed by atoms with Gasteiger partial charge in [0.15, 0.2) is 0 Å². The number of piperidine rings is 1. The molecule has 1 aliphatic heterocycles. The number of rotatable bonds is 5. The number of likely N-dealkylation sites (tertiary alicyclic amines) is 1. The summed E-state index contributed by atoms with van der Waals surface area (Å²) >= 11 is 0. The zero-order valence-corrected chi connectivity index (χ0v) is 12.0. The Morgan fingerprint density at radius 3 is 2.67 bits per heavy atom. The SMILES string of the molecule is COc1ccc(NC(=O)CN2CCCCC2C(=O)O)cc1. The lowest BCUT2D eigenvalue weighted by Crippen LogP contribution is -2.47. The summed E-state index contributed by atoms with van der Waals surface area (Å²) in [6.07, 6.45) is 2.43. The minimum Gasteiger partial charge on any atom is -0.497 e. The molecule has 2 rings (SSSR count). The number of methoxy groups -OCH3 is 1. The molecular formula is C15H20N2O4. The molecule has 0 radical (unpaired) electrons. The minimum atomic E-state index is -0.855. The molecule has 1 heterocycles. The van der Waals surface area contributed by atoms with Gasteiger partial charge in [0.1, 0.15) is 11.8 Å². The molecule has 0 spiro atoms. The summed E-state index contributed by atoms with van der Waals surface area (Å²) < 4.78 is 5.05. The Hall–Kier alpha value is -2.08. The Labute approximate surface area is 123 Å². The van der Waals surface area contributed by atoms with Gasteiger partial charge in [0.2, 0.25) is 5.91 Å². The van der Waals surface area contributed by atoms with Gasteiger partial charge in [0.25, 0.3) is 0 Å². The normalized spacial score (nSPS) is 19.0. The molecule has 1 aromatic carbocycles. The summed E-state index contributed by atoms with van der Waals surface area (Å²) in [5, 5.41) is 12.0. The molecule has 114 valence electrons. The van der Waals surface area contributed by atoms with E-state index in [9.17, 15) is 14.7 Å². The second-order valence-corrected chi connectivity index (χ2v) is 5.10. The first kappa shape index (κ1) is 15.3. The highest BCUT2D eigenvalue weighted by Crippen LogP contribution is 2.18. The molecule has 1 amide bonds. The third-order valence-electron chi connectivity index (χ3n) is 3.62. The van der Waals surface area contributed by atoms with Crippen molar-refractivity contribution in [3.8, 4) is 5.75 Å². The van der Waals surface area contributed by atoms with Crippen molar-refractivity contribution in [3.05, 3.63) is 24.3 Å². The smallest absolute Gasteiger partial charge is 0.320 e. The molecule has 0 saturated carbocycles. The monoisotopic (exact) mass is 292 g/mol. The Morgan fingerprint density at radius 2 is 2.05 bits per heavy atom. The zero-order chi connectivity index (χ0) is 15.2. The summed E-state index contributed by atoms with van der Waals surface area (Å²) in [4.78, 5) is 24.9. The molecule has 0 aliphatic carbocycles. The summed E-state index contributed by atoms with van der Waals surface area (Å²) in [5.74, 6) is -0.338. The van der Waals surface area contributed by atoms with Gasteiger partial charge < -0.3 is 15.2 Å². The van der Waals surface area contributed by atoms with Crippen LogP contribution in [0.5, 0.6) is 5.75 Å². The van der Waals surface area contributed by atoms with Crippen LogP contribution >= 0.6 is 0 Å². The number of hydrogen-bond donors (Lipinski definition) is 2. The third kappa shape index (κ3) is 4.19. The average molecular weight is 292 g/mol. The highest BCUT2D eigenvalue weighted by atomic mass is 16.5. The number of carbonyl (C=O) groups is 2. The number of nitrogens with one attached hydrogen (secondary N) is 1. The fraction of sp³-hybridized carbons (Fsp3) is 0.467. The number of aliphatic carboxylic acids is 1. The Morgan fingerprint density at radius 1 is 1.33 bits per heavy atom. The van der Waals surface area contributed by atoms with Crippen LogP contribution in [0.1, 0.15) is 19.3 Å². The van der Waals surface area contributed by atoms with E-state index in [1.165, 1.54) is 0 Å². The van der Waals surface area contributed by atoms with E-state index in [4.69, 9.17) is 4.74 Å². The van der Waals surface area contributed by atoms with Crippen LogP contribution in [0.15, 0.2) is 24.3 Å². The highest BCUT2D eigenvalue weighted by Gasteiger charge is 2.29. The summed E-state index contributed by atoms with van der Waals surface area (Å²) in [5.41, 5.74) is 0.671. The largest absolute Gasteiger partial charge is 0.497 e. The predicted octanol–water partition coefficient (Wildman–Crippen LogP) is 1.57. The molecule has 1 saturated heterocycles. The van der Waals surface area contributed by atoms with Crippen LogP contribution in [-0.4, -0.2) is 48.1 Å². The van der Waals surface area contributed by atoms with Crippen LogP contribution < -0.4 is 10.1 Å². The molecule has 0 bridgehead atoms. The number of nitrogens with zero attached hydrogens (tertiary/aromatic N) is 1. The van der Waals surface area contributed by atoms with Crippen molar-refractivity contribution >= 4 is 17.6 Å². The summed E-state index contributed by atoms with van der Waals surface area (Å²) in [6.45, 7) is 0.746. The van der Waals surface area contributed by atoms with E-state index in [1.54, 1.807) is 36.3 Å². The number of carboxylic acids is 1. The maximum atomic E-state index is 12.0. The lowest BCUT2D eigenvalue weighted by Gasteiger charge is -2.32. The molecule has 1 atom stereocenters. The van der Waals surface area contributed by atoms with E-state index in [0.717, 1.165) is 18.6 Å². The lowest BCUT2D eigenvalue weighted by molar-refractivity contribution is -0.145. The van der Waals surface area contributed by atoms with Crippen LogP contribution in [0.2, 0.25) is 0 Å². The van der Waals surface area contributed by atoms with Crippen LogP contribution in [0.4, 0.5) is 5.69 Å². The highest BCUT2D eigenvalue weighted by molar-refractivity contribution is 5.92. The van der Waals surface area contributed by atoms with Crippen molar-refractivity contribution in [2.45, 2.75) is 25.3 Å². The molecule has 1 aromatic rings. The molecule has 6 nitrogen and oxygen atoms in total. The van der Waals surface area contributed by atoms with E-state index < -0.39 is 12.0 Å². The van der Waals surface area contributed by atoms with Crippen molar-refractivity contribution in [2.24, 2.45) is 0 Å². The zero-order valence-electron chi connectivity index (χ0n) is 12.0. The van der Waals surface area contributed by atoms with E-state index in [-0.39, 0.29) is 12.5 Å². The van der Waals surface area contributed by atoms with Crippen LogP contribution in [0.25, 0.3) is 0 Å². The lowest BCUT2D eigenvalue weighted by atomic mass is 10.0. The van der Waals surface area contributed by atoms with Gasteiger partial charge in [-0.3, -0.25) is 14.5 Å².